The fourth-order valence-electron chi connectivity index (χ4n) is 2.73. The Labute approximate surface area is 108 Å². The minimum atomic E-state index is 1.00. The van der Waals surface area contributed by atoms with Crippen molar-refractivity contribution in [1.82, 2.24) is 4.98 Å². The summed E-state index contributed by atoms with van der Waals surface area (Å²) < 4.78 is 0. The Morgan fingerprint density at radius 1 is 1.11 bits per heavy atom. The van der Waals surface area contributed by atoms with E-state index in [1.54, 1.807) is 0 Å². The Balaban J connectivity index is 2.20. The molecule has 1 N–H and O–H groups in total. The minimum absolute atomic E-state index is 1.00. The zero-order valence-electron chi connectivity index (χ0n) is 11.1. The van der Waals surface area contributed by atoms with Crippen molar-refractivity contribution >= 4 is 11.9 Å². The molecule has 0 radical (unpaired) electrons. The number of hydrogen-bond acceptors (Lipinski definition) is 1. The number of likely N-dealkylation sites (N-methyl/N-ethyl adjacent to an activating group) is 1. The van der Waals surface area contributed by atoms with Gasteiger partial charge in [-0.1, -0.05) is 29.8 Å². The molecule has 2 aromatic rings. The summed E-state index contributed by atoms with van der Waals surface area (Å²) >= 11 is 0. The number of nitrogens with zero attached hydrogens (tertiary/aromatic N) is 1. The predicted octanol–water partition coefficient (Wildman–Crippen LogP) is 3.84. The van der Waals surface area contributed by atoms with Crippen LogP contribution in [0.25, 0.3) is 17.2 Å². The van der Waals surface area contributed by atoms with E-state index < -0.39 is 0 Å². The van der Waals surface area contributed by atoms with Crippen LogP contribution < -0.4 is 4.90 Å². The van der Waals surface area contributed by atoms with Crippen LogP contribution >= 0.6 is 0 Å². The van der Waals surface area contributed by atoms with Gasteiger partial charge in [-0.05, 0) is 31.1 Å². The van der Waals surface area contributed by atoms with E-state index in [-0.39, 0.29) is 0 Å². The number of fused-ring (bicyclic) bond motifs is 1. The van der Waals surface area contributed by atoms with E-state index in [1.807, 2.05) is 0 Å². The van der Waals surface area contributed by atoms with Gasteiger partial charge in [-0.25, -0.2) is 0 Å². The Morgan fingerprint density at radius 2 is 1.89 bits per heavy atom. The number of rotatable bonds is 1. The highest BCUT2D eigenvalue weighted by Crippen LogP contribution is 2.36. The number of nitrogens with one attached hydrogen (secondary N) is 1. The minimum Gasteiger partial charge on any atom is -0.357 e. The third-order valence-electron chi connectivity index (χ3n) is 3.59. The first-order valence-corrected chi connectivity index (χ1v) is 6.32. The van der Waals surface area contributed by atoms with Gasteiger partial charge in [0.05, 0.1) is 0 Å². The Bertz CT molecular complexity index is 620. The maximum Gasteiger partial charge on any atom is 0.113 e. The normalized spacial score (nSPS) is 14.4. The molecule has 0 atom stereocenters. The van der Waals surface area contributed by atoms with Gasteiger partial charge >= 0.3 is 0 Å². The van der Waals surface area contributed by atoms with Gasteiger partial charge < -0.3 is 9.88 Å². The SMILES string of the molecule is CC1=Cc2c(-c3ccccc3C)c[nH]c2N(C)C1. The van der Waals surface area contributed by atoms with Crippen molar-refractivity contribution in [3.63, 3.8) is 0 Å². The smallest absolute Gasteiger partial charge is 0.113 e. The predicted molar refractivity (Wildman–Crippen MR) is 77.9 cm³/mol. The summed E-state index contributed by atoms with van der Waals surface area (Å²) in [6.07, 6.45) is 4.42. The van der Waals surface area contributed by atoms with E-state index in [4.69, 9.17) is 0 Å². The molecule has 2 heteroatoms. The molecule has 0 bridgehead atoms. The van der Waals surface area contributed by atoms with Crippen LogP contribution in [0.3, 0.4) is 0 Å². The molecular weight excluding hydrogens is 220 g/mol. The van der Waals surface area contributed by atoms with Crippen LogP contribution in [0.5, 0.6) is 0 Å². The van der Waals surface area contributed by atoms with Gasteiger partial charge in [0.1, 0.15) is 5.82 Å². The molecule has 18 heavy (non-hydrogen) atoms. The highest BCUT2D eigenvalue weighted by molar-refractivity contribution is 5.86. The number of hydrogen-bond donors (Lipinski definition) is 1. The van der Waals surface area contributed by atoms with Gasteiger partial charge in [0.25, 0.3) is 0 Å². The quantitative estimate of drug-likeness (QED) is 0.799. The Morgan fingerprint density at radius 3 is 2.67 bits per heavy atom. The van der Waals surface area contributed by atoms with E-state index in [0.717, 1.165) is 6.54 Å². The monoisotopic (exact) mass is 238 g/mol. The highest BCUT2D eigenvalue weighted by atomic mass is 15.2. The molecule has 0 unspecified atom stereocenters. The zero-order valence-corrected chi connectivity index (χ0v) is 11.1. The number of H-pyrrole nitrogens is 1. The van der Waals surface area contributed by atoms with Gasteiger partial charge in [-0.15, -0.1) is 0 Å². The van der Waals surface area contributed by atoms with Gasteiger partial charge in [0.2, 0.25) is 0 Å². The van der Waals surface area contributed by atoms with Crippen molar-refractivity contribution in [3.05, 3.63) is 47.2 Å². The van der Waals surface area contributed by atoms with Crippen molar-refractivity contribution in [2.24, 2.45) is 0 Å². The maximum absolute atomic E-state index is 3.40. The lowest BCUT2D eigenvalue weighted by molar-refractivity contribution is 0.950. The summed E-state index contributed by atoms with van der Waals surface area (Å²) in [5.74, 6) is 1.22. The highest BCUT2D eigenvalue weighted by Gasteiger charge is 2.19. The van der Waals surface area contributed by atoms with Crippen LogP contribution in [0.2, 0.25) is 0 Å². The number of anilines is 1. The fraction of sp³-hybridized carbons (Fsp3) is 0.250. The molecule has 3 rings (SSSR count). The second-order valence-electron chi connectivity index (χ2n) is 5.13. The average molecular weight is 238 g/mol. The molecule has 2 heterocycles. The molecule has 1 aromatic heterocycles. The molecule has 0 spiro atoms. The van der Waals surface area contributed by atoms with Gasteiger partial charge in [-0.2, -0.15) is 0 Å². The first-order chi connectivity index (χ1) is 8.66. The molecule has 1 aromatic carbocycles. The summed E-state index contributed by atoms with van der Waals surface area (Å²) in [5, 5.41) is 0. The molecule has 0 amide bonds. The van der Waals surface area contributed by atoms with Crippen LogP contribution in [-0.2, 0) is 0 Å². The van der Waals surface area contributed by atoms with Crippen molar-refractivity contribution in [2.45, 2.75) is 13.8 Å². The van der Waals surface area contributed by atoms with E-state index >= 15 is 0 Å². The lowest BCUT2D eigenvalue weighted by atomic mass is 9.97. The fourth-order valence-corrected chi connectivity index (χ4v) is 2.73. The van der Waals surface area contributed by atoms with E-state index in [1.165, 1.54) is 33.6 Å². The number of aromatic nitrogens is 1. The largest absolute Gasteiger partial charge is 0.357 e. The van der Waals surface area contributed by atoms with Crippen molar-refractivity contribution in [2.75, 3.05) is 18.5 Å². The molecule has 0 fully saturated rings. The van der Waals surface area contributed by atoms with Crippen LogP contribution in [0.4, 0.5) is 5.82 Å². The van der Waals surface area contributed by atoms with E-state index in [0.29, 0.717) is 0 Å². The molecule has 0 saturated carbocycles. The lowest BCUT2D eigenvalue weighted by Crippen LogP contribution is -2.22. The summed E-state index contributed by atoms with van der Waals surface area (Å²) in [7, 11) is 2.13. The molecule has 0 saturated heterocycles. The summed E-state index contributed by atoms with van der Waals surface area (Å²) in [4.78, 5) is 5.67. The maximum atomic E-state index is 3.40. The van der Waals surface area contributed by atoms with Gasteiger partial charge in [0, 0.05) is 30.9 Å². The van der Waals surface area contributed by atoms with Crippen LogP contribution in [0.1, 0.15) is 18.1 Å². The molecule has 2 nitrogen and oxygen atoms in total. The van der Waals surface area contributed by atoms with Gasteiger partial charge in [0.15, 0.2) is 0 Å². The second-order valence-corrected chi connectivity index (χ2v) is 5.13. The first kappa shape index (κ1) is 11.1. The molecular formula is C16H18N2. The second kappa shape index (κ2) is 4.05. The van der Waals surface area contributed by atoms with Crippen molar-refractivity contribution < 1.29 is 0 Å². The van der Waals surface area contributed by atoms with E-state index in [2.05, 4.69) is 67.3 Å². The Kier molecular flexibility index (Phi) is 2.51. The first-order valence-electron chi connectivity index (χ1n) is 6.32. The zero-order chi connectivity index (χ0) is 12.7. The van der Waals surface area contributed by atoms with E-state index in [9.17, 15) is 0 Å². The standard InChI is InChI=1S/C16H18N2/c1-11-8-14-15(9-17-16(14)18(3)10-11)13-7-5-4-6-12(13)2/h4-9,17H,10H2,1-3H3. The third kappa shape index (κ3) is 1.65. The number of aryl methyl sites for hydroxylation is 1. The van der Waals surface area contributed by atoms with Gasteiger partial charge in [-0.3, -0.25) is 0 Å². The van der Waals surface area contributed by atoms with Crippen molar-refractivity contribution in [1.29, 1.82) is 0 Å². The summed E-state index contributed by atoms with van der Waals surface area (Å²) in [6.45, 7) is 5.35. The molecule has 1 aliphatic heterocycles. The molecule has 1 aliphatic rings. The number of benzene rings is 1. The molecule has 92 valence electrons. The lowest BCUT2D eigenvalue weighted by Gasteiger charge is -2.24. The van der Waals surface area contributed by atoms with Crippen LogP contribution in [-0.4, -0.2) is 18.6 Å². The topological polar surface area (TPSA) is 19.0 Å². The van der Waals surface area contributed by atoms with Crippen molar-refractivity contribution in [3.8, 4) is 11.1 Å². The summed E-state index contributed by atoms with van der Waals surface area (Å²) in [5.41, 5.74) is 6.65. The third-order valence-corrected chi connectivity index (χ3v) is 3.59. The molecule has 0 aliphatic carbocycles. The number of aromatic amines is 1. The van der Waals surface area contributed by atoms with Crippen LogP contribution in [0, 0.1) is 6.92 Å². The summed E-state index contributed by atoms with van der Waals surface area (Å²) in [6, 6.07) is 8.55. The van der Waals surface area contributed by atoms with Crippen LogP contribution in [0.15, 0.2) is 36.0 Å². The Hall–Kier alpha value is -1.96. The average Bonchev–Trinajstić information content (AvgIpc) is 2.73.